The first kappa shape index (κ1) is 14.5. The van der Waals surface area contributed by atoms with Crippen LogP contribution in [0.2, 0.25) is 0 Å². The van der Waals surface area contributed by atoms with Crippen LogP contribution in [0, 0.1) is 6.92 Å². The summed E-state index contributed by atoms with van der Waals surface area (Å²) >= 11 is 0. The Balaban J connectivity index is 1.47. The lowest BCUT2D eigenvalue weighted by atomic mass is 10.1. The average Bonchev–Trinajstić information content (AvgIpc) is 3.26. The molecule has 0 radical (unpaired) electrons. The van der Waals surface area contributed by atoms with Crippen molar-refractivity contribution in [3.05, 3.63) is 54.0 Å². The largest absolute Gasteiger partial charge is 0.368 e. The first-order chi connectivity index (χ1) is 12.3. The van der Waals surface area contributed by atoms with Crippen molar-refractivity contribution in [3.63, 3.8) is 0 Å². The summed E-state index contributed by atoms with van der Waals surface area (Å²) in [4.78, 5) is 11.1. The van der Waals surface area contributed by atoms with E-state index >= 15 is 0 Å². The summed E-state index contributed by atoms with van der Waals surface area (Å²) in [5.74, 6) is 0.753. The minimum Gasteiger partial charge on any atom is -0.368 e. The molecule has 0 saturated carbocycles. The molecule has 3 aromatic rings. The molecular formula is C18H18N6O. The predicted molar refractivity (Wildman–Crippen MR) is 92.1 cm³/mol. The number of hydrogen-bond acceptors (Lipinski definition) is 6. The fourth-order valence-electron chi connectivity index (χ4n) is 3.63. The minimum absolute atomic E-state index is 0.0851. The monoisotopic (exact) mass is 334 g/mol. The smallest absolute Gasteiger partial charge is 0.225 e. The van der Waals surface area contributed by atoms with Crippen LogP contribution in [0.3, 0.4) is 0 Å². The van der Waals surface area contributed by atoms with Gasteiger partial charge in [0.15, 0.2) is 0 Å². The summed E-state index contributed by atoms with van der Waals surface area (Å²) in [7, 11) is 0. The van der Waals surface area contributed by atoms with E-state index in [1.165, 1.54) is 0 Å². The lowest BCUT2D eigenvalue weighted by Gasteiger charge is -2.26. The highest BCUT2D eigenvalue weighted by Gasteiger charge is 2.41. The van der Waals surface area contributed by atoms with E-state index in [1.54, 1.807) is 6.20 Å². The lowest BCUT2D eigenvalue weighted by Crippen LogP contribution is -2.32. The van der Waals surface area contributed by atoms with Crippen LogP contribution < -0.4 is 4.90 Å². The summed E-state index contributed by atoms with van der Waals surface area (Å²) < 4.78 is 8.17. The average molecular weight is 334 g/mol. The van der Waals surface area contributed by atoms with Gasteiger partial charge in [0.2, 0.25) is 5.95 Å². The molecule has 0 aliphatic carbocycles. The predicted octanol–water partition coefficient (Wildman–Crippen LogP) is 2.00. The van der Waals surface area contributed by atoms with Crippen LogP contribution in [-0.2, 0) is 11.3 Å². The van der Waals surface area contributed by atoms with Crippen molar-refractivity contribution in [1.29, 1.82) is 0 Å². The molecule has 1 fully saturated rings. The maximum atomic E-state index is 6.13. The topological polar surface area (TPSA) is 69.0 Å². The quantitative estimate of drug-likeness (QED) is 0.714. The summed E-state index contributed by atoms with van der Waals surface area (Å²) in [5, 5.41) is 8.86. The van der Waals surface area contributed by atoms with Gasteiger partial charge >= 0.3 is 0 Å². The summed E-state index contributed by atoms with van der Waals surface area (Å²) in [6.45, 7) is 4.06. The molecule has 25 heavy (non-hydrogen) atoms. The number of rotatable bonds is 2. The Kier molecular flexibility index (Phi) is 3.27. The highest BCUT2D eigenvalue weighted by molar-refractivity contribution is 5.61. The standard InChI is InChI=1S/C18H18N6O/c1-12-7-8-19-18(20-12)23-9-14-16(10-23)25-11-15-17(21-22-24(14)15)13-5-3-2-4-6-13/h2-8,14,16H,9-11H2,1H3/t14?,16-/m1/s1. The van der Waals surface area contributed by atoms with Crippen molar-refractivity contribution >= 4 is 5.95 Å². The minimum atomic E-state index is 0.0851. The molecule has 5 rings (SSSR count). The van der Waals surface area contributed by atoms with Gasteiger partial charge in [0.25, 0.3) is 0 Å². The van der Waals surface area contributed by atoms with Gasteiger partial charge in [0.1, 0.15) is 5.69 Å². The number of aryl methyl sites for hydroxylation is 1. The Morgan fingerprint density at radius 1 is 1.12 bits per heavy atom. The van der Waals surface area contributed by atoms with E-state index in [2.05, 4.69) is 37.3 Å². The Bertz CT molecular complexity index is 909. The van der Waals surface area contributed by atoms with Gasteiger partial charge < -0.3 is 9.64 Å². The zero-order chi connectivity index (χ0) is 16.8. The number of nitrogens with zero attached hydrogens (tertiary/aromatic N) is 6. The van der Waals surface area contributed by atoms with Crippen LogP contribution in [0.15, 0.2) is 42.6 Å². The zero-order valence-electron chi connectivity index (χ0n) is 13.9. The van der Waals surface area contributed by atoms with Crippen molar-refractivity contribution in [2.45, 2.75) is 25.7 Å². The molecule has 2 atom stereocenters. The van der Waals surface area contributed by atoms with Gasteiger partial charge in [-0.05, 0) is 13.0 Å². The van der Waals surface area contributed by atoms with Crippen molar-refractivity contribution in [2.24, 2.45) is 0 Å². The van der Waals surface area contributed by atoms with Crippen LogP contribution >= 0.6 is 0 Å². The molecule has 4 heterocycles. The van der Waals surface area contributed by atoms with E-state index in [0.29, 0.717) is 6.61 Å². The maximum absolute atomic E-state index is 6.13. The van der Waals surface area contributed by atoms with Crippen LogP contribution in [0.25, 0.3) is 11.3 Å². The van der Waals surface area contributed by atoms with Gasteiger partial charge in [-0.1, -0.05) is 35.5 Å². The Morgan fingerprint density at radius 3 is 2.84 bits per heavy atom. The maximum Gasteiger partial charge on any atom is 0.225 e. The molecule has 2 aliphatic rings. The van der Waals surface area contributed by atoms with Gasteiger partial charge in [-0.25, -0.2) is 14.6 Å². The van der Waals surface area contributed by atoms with E-state index in [0.717, 1.165) is 41.7 Å². The van der Waals surface area contributed by atoms with E-state index < -0.39 is 0 Å². The van der Waals surface area contributed by atoms with Crippen molar-refractivity contribution < 1.29 is 4.74 Å². The second-order valence-electron chi connectivity index (χ2n) is 6.52. The van der Waals surface area contributed by atoms with Crippen molar-refractivity contribution in [2.75, 3.05) is 18.0 Å². The third kappa shape index (κ3) is 2.39. The van der Waals surface area contributed by atoms with Crippen LogP contribution in [-0.4, -0.2) is 44.2 Å². The molecule has 126 valence electrons. The highest BCUT2D eigenvalue weighted by atomic mass is 16.5. The van der Waals surface area contributed by atoms with Gasteiger partial charge in [-0.3, -0.25) is 0 Å². The van der Waals surface area contributed by atoms with E-state index in [9.17, 15) is 0 Å². The molecule has 1 unspecified atom stereocenters. The van der Waals surface area contributed by atoms with E-state index in [1.807, 2.05) is 35.9 Å². The molecule has 2 aliphatic heterocycles. The van der Waals surface area contributed by atoms with Gasteiger partial charge in [-0.2, -0.15) is 0 Å². The zero-order valence-corrected chi connectivity index (χ0v) is 13.9. The second kappa shape index (κ2) is 5.63. The molecule has 7 nitrogen and oxygen atoms in total. The fraction of sp³-hybridized carbons (Fsp3) is 0.333. The first-order valence-corrected chi connectivity index (χ1v) is 8.45. The molecule has 2 aromatic heterocycles. The van der Waals surface area contributed by atoms with Gasteiger partial charge in [0.05, 0.1) is 24.4 Å². The van der Waals surface area contributed by atoms with Crippen molar-refractivity contribution in [1.82, 2.24) is 25.0 Å². The number of ether oxygens (including phenoxy) is 1. The summed E-state index contributed by atoms with van der Waals surface area (Å²) in [5.41, 5.74) is 3.99. The third-order valence-corrected chi connectivity index (χ3v) is 4.89. The Hall–Kier alpha value is -2.80. The Labute approximate surface area is 145 Å². The van der Waals surface area contributed by atoms with Gasteiger partial charge in [0, 0.05) is 30.5 Å². The normalized spacial score (nSPS) is 21.9. The SMILES string of the molecule is Cc1ccnc(N2CC3[C@@H](C2)OCc2c(-c4ccccc4)nnn23)n1. The van der Waals surface area contributed by atoms with Crippen LogP contribution in [0.4, 0.5) is 5.95 Å². The van der Waals surface area contributed by atoms with Crippen molar-refractivity contribution in [3.8, 4) is 11.3 Å². The molecule has 1 saturated heterocycles. The number of benzene rings is 1. The lowest BCUT2D eigenvalue weighted by molar-refractivity contribution is -0.00227. The van der Waals surface area contributed by atoms with Crippen LogP contribution in [0.1, 0.15) is 17.4 Å². The number of fused-ring (bicyclic) bond motifs is 3. The second-order valence-corrected chi connectivity index (χ2v) is 6.52. The first-order valence-electron chi connectivity index (χ1n) is 8.45. The molecule has 7 heteroatoms. The van der Waals surface area contributed by atoms with Crippen LogP contribution in [0.5, 0.6) is 0 Å². The fourth-order valence-corrected chi connectivity index (χ4v) is 3.63. The molecule has 0 bridgehead atoms. The molecule has 1 aromatic carbocycles. The van der Waals surface area contributed by atoms with E-state index in [4.69, 9.17) is 4.74 Å². The number of hydrogen-bond donors (Lipinski definition) is 0. The number of anilines is 1. The highest BCUT2D eigenvalue weighted by Crippen LogP contribution is 2.35. The third-order valence-electron chi connectivity index (χ3n) is 4.89. The molecule has 0 N–H and O–H groups in total. The molecule has 0 amide bonds. The van der Waals surface area contributed by atoms with Gasteiger partial charge in [-0.15, -0.1) is 5.10 Å². The Morgan fingerprint density at radius 2 is 2.00 bits per heavy atom. The summed E-state index contributed by atoms with van der Waals surface area (Å²) in [6.07, 6.45) is 1.89. The van der Waals surface area contributed by atoms with E-state index in [-0.39, 0.29) is 12.1 Å². The molecule has 0 spiro atoms. The summed E-state index contributed by atoms with van der Waals surface area (Å²) in [6, 6.07) is 12.2. The molecular weight excluding hydrogens is 316 g/mol. The number of aromatic nitrogens is 5.